The Bertz CT molecular complexity index is 1990. The number of phenols is 1. The van der Waals surface area contributed by atoms with Gasteiger partial charge in [-0.3, -0.25) is 9.52 Å². The first-order valence-corrected chi connectivity index (χ1v) is 14.9. The summed E-state index contributed by atoms with van der Waals surface area (Å²) in [6.07, 6.45) is -0.922. The first kappa shape index (κ1) is 32.9. The highest BCUT2D eigenvalue weighted by molar-refractivity contribution is 7.92. The lowest BCUT2D eigenvalue weighted by Crippen LogP contribution is -2.36. The van der Waals surface area contributed by atoms with Crippen LogP contribution in [0.1, 0.15) is 6.42 Å². The number of amides is 1. The third-order valence-corrected chi connectivity index (χ3v) is 8.40. The van der Waals surface area contributed by atoms with E-state index in [9.17, 15) is 23.1 Å². The summed E-state index contributed by atoms with van der Waals surface area (Å²) in [4.78, 5) is 24.0. The number of anilines is 1. The second-order valence-electron chi connectivity index (χ2n) is 9.86. The van der Waals surface area contributed by atoms with Gasteiger partial charge in [-0.25, -0.2) is 13.2 Å². The van der Waals surface area contributed by atoms with E-state index in [0.29, 0.717) is 27.5 Å². The number of aliphatic carboxylic acids is 1. The standard InChI is InChI=1S/C32H29N3O8S.ClH/c1-42-20-11-13-21(14-12-20)44(40,41)35-27-18-25(29-22-7-3-2-6-19(22)10-15-28(29)36)30(24-9-5-4-8-23(24)27)43-32(39)34-17-16-26(33)31(37)38;/h2-15,18,26,35-36H,16-17,33H2,1H3,(H,34,39)(H,37,38);1H/t26-;/m0./s1. The number of carbonyl (C=O) groups excluding carboxylic acids is 1. The molecule has 0 aliphatic carbocycles. The van der Waals surface area contributed by atoms with Gasteiger partial charge < -0.3 is 30.7 Å². The maximum Gasteiger partial charge on any atom is 0.412 e. The molecular formula is C32H30ClN3O8S. The monoisotopic (exact) mass is 651 g/mol. The van der Waals surface area contributed by atoms with Gasteiger partial charge in [0.1, 0.15) is 23.3 Å². The summed E-state index contributed by atoms with van der Waals surface area (Å²) in [6, 6.07) is 23.5. The molecule has 0 spiro atoms. The number of nitrogens with one attached hydrogen (secondary N) is 2. The van der Waals surface area contributed by atoms with E-state index in [1.54, 1.807) is 42.5 Å². The summed E-state index contributed by atoms with van der Waals surface area (Å²) in [5.41, 5.74) is 6.27. The predicted molar refractivity (Wildman–Crippen MR) is 174 cm³/mol. The van der Waals surface area contributed by atoms with Crippen molar-refractivity contribution in [2.24, 2.45) is 5.73 Å². The van der Waals surface area contributed by atoms with Crippen LogP contribution in [0.5, 0.6) is 17.2 Å². The molecule has 5 rings (SSSR count). The molecule has 0 bridgehead atoms. The summed E-state index contributed by atoms with van der Waals surface area (Å²) in [5.74, 6) is -0.777. The van der Waals surface area contributed by atoms with Gasteiger partial charge in [0.15, 0.2) is 0 Å². The molecule has 1 amide bonds. The number of hydrogen-bond acceptors (Lipinski definition) is 8. The third-order valence-electron chi connectivity index (χ3n) is 7.02. The predicted octanol–water partition coefficient (Wildman–Crippen LogP) is 5.49. The van der Waals surface area contributed by atoms with Gasteiger partial charge >= 0.3 is 12.1 Å². The van der Waals surface area contributed by atoms with Crippen LogP contribution < -0.4 is 25.2 Å². The number of halogens is 1. The van der Waals surface area contributed by atoms with Gasteiger partial charge in [-0.05, 0) is 53.6 Å². The minimum Gasteiger partial charge on any atom is -0.507 e. The van der Waals surface area contributed by atoms with Gasteiger partial charge in [0.2, 0.25) is 0 Å². The second kappa shape index (κ2) is 13.7. The number of carboxylic acids is 1. The van der Waals surface area contributed by atoms with Crippen molar-refractivity contribution in [3.8, 4) is 28.4 Å². The number of carboxylic acid groups (broad SMARTS) is 1. The lowest BCUT2D eigenvalue weighted by Gasteiger charge is -2.20. The van der Waals surface area contributed by atoms with Crippen LogP contribution in [-0.4, -0.2) is 50.4 Å². The molecule has 5 aromatic rings. The Balaban J connectivity index is 0.00000461. The molecule has 0 saturated carbocycles. The number of hydrogen-bond donors (Lipinski definition) is 5. The molecule has 1 atom stereocenters. The van der Waals surface area contributed by atoms with Crippen LogP contribution in [0.2, 0.25) is 0 Å². The Kier molecular flexibility index (Phi) is 10.0. The molecular weight excluding hydrogens is 622 g/mol. The van der Waals surface area contributed by atoms with Crippen molar-refractivity contribution in [2.45, 2.75) is 17.4 Å². The molecule has 0 heterocycles. The molecule has 11 nitrogen and oxygen atoms in total. The fourth-order valence-electron chi connectivity index (χ4n) is 4.81. The van der Waals surface area contributed by atoms with E-state index in [0.717, 1.165) is 5.39 Å². The SMILES string of the molecule is COc1ccc(S(=O)(=O)Nc2cc(-c3c(O)ccc4ccccc34)c(OC(=O)NCC[C@H](N)C(=O)O)c3ccccc23)cc1.Cl. The second-order valence-corrected chi connectivity index (χ2v) is 11.5. The maximum absolute atomic E-state index is 13.5. The van der Waals surface area contributed by atoms with E-state index in [1.165, 1.54) is 43.5 Å². The largest absolute Gasteiger partial charge is 0.507 e. The Morgan fingerprint density at radius 1 is 0.911 bits per heavy atom. The zero-order valence-corrected chi connectivity index (χ0v) is 25.5. The topological polar surface area (TPSA) is 177 Å². The summed E-state index contributed by atoms with van der Waals surface area (Å²) < 4.78 is 40.6. The Hall–Kier alpha value is -5.04. The molecule has 0 saturated heterocycles. The molecule has 5 aromatic carbocycles. The first-order chi connectivity index (χ1) is 21.1. The Labute approximate surface area is 265 Å². The minimum atomic E-state index is -4.09. The van der Waals surface area contributed by atoms with E-state index in [-0.39, 0.29) is 53.0 Å². The van der Waals surface area contributed by atoms with Gasteiger partial charge in [0.05, 0.1) is 17.7 Å². The fourth-order valence-corrected chi connectivity index (χ4v) is 5.88. The van der Waals surface area contributed by atoms with Crippen LogP contribution in [0.15, 0.2) is 95.9 Å². The lowest BCUT2D eigenvalue weighted by molar-refractivity contribution is -0.138. The molecule has 0 unspecified atom stereocenters. The molecule has 6 N–H and O–H groups in total. The number of carbonyl (C=O) groups is 2. The van der Waals surface area contributed by atoms with Gasteiger partial charge in [0, 0.05) is 28.4 Å². The van der Waals surface area contributed by atoms with Crippen molar-refractivity contribution in [3.05, 3.63) is 91.0 Å². The van der Waals surface area contributed by atoms with Gasteiger partial charge in [-0.1, -0.05) is 54.6 Å². The van der Waals surface area contributed by atoms with E-state index in [2.05, 4.69) is 10.0 Å². The molecule has 0 fully saturated rings. The number of benzene rings is 5. The highest BCUT2D eigenvalue weighted by Crippen LogP contribution is 2.47. The molecule has 45 heavy (non-hydrogen) atoms. The number of rotatable bonds is 10. The van der Waals surface area contributed by atoms with Gasteiger partial charge in [-0.2, -0.15) is 0 Å². The summed E-state index contributed by atoms with van der Waals surface area (Å²) in [6.45, 7) is -0.0706. The molecule has 0 aliphatic heterocycles. The van der Waals surface area contributed by atoms with Crippen molar-refractivity contribution < 1.29 is 37.7 Å². The zero-order chi connectivity index (χ0) is 31.4. The van der Waals surface area contributed by atoms with Crippen molar-refractivity contribution >= 4 is 61.7 Å². The highest BCUT2D eigenvalue weighted by atomic mass is 35.5. The molecule has 0 radical (unpaired) electrons. The Morgan fingerprint density at radius 3 is 2.22 bits per heavy atom. The van der Waals surface area contributed by atoms with Crippen LogP contribution in [0, 0.1) is 0 Å². The van der Waals surface area contributed by atoms with Crippen LogP contribution in [0.4, 0.5) is 10.5 Å². The fraction of sp³-hybridized carbons (Fsp3) is 0.125. The number of phenolic OH excluding ortho intramolecular Hbond substituents is 1. The number of aromatic hydroxyl groups is 1. The Morgan fingerprint density at radius 2 is 1.56 bits per heavy atom. The minimum absolute atomic E-state index is 0. The van der Waals surface area contributed by atoms with Crippen molar-refractivity contribution in [1.29, 1.82) is 0 Å². The number of sulfonamides is 1. The van der Waals surface area contributed by atoms with Crippen molar-refractivity contribution in [1.82, 2.24) is 5.32 Å². The lowest BCUT2D eigenvalue weighted by atomic mass is 9.93. The highest BCUT2D eigenvalue weighted by Gasteiger charge is 2.24. The van der Waals surface area contributed by atoms with Crippen LogP contribution in [0.25, 0.3) is 32.7 Å². The average Bonchev–Trinajstić information content (AvgIpc) is 3.02. The van der Waals surface area contributed by atoms with E-state index < -0.39 is 28.1 Å². The zero-order valence-electron chi connectivity index (χ0n) is 23.9. The maximum atomic E-state index is 13.5. The molecule has 0 aromatic heterocycles. The first-order valence-electron chi connectivity index (χ1n) is 13.5. The van der Waals surface area contributed by atoms with Gasteiger partial charge in [0.25, 0.3) is 10.0 Å². The van der Waals surface area contributed by atoms with Crippen LogP contribution >= 0.6 is 12.4 Å². The van der Waals surface area contributed by atoms with Crippen molar-refractivity contribution in [3.63, 3.8) is 0 Å². The van der Waals surface area contributed by atoms with E-state index >= 15 is 0 Å². The molecule has 234 valence electrons. The quantitative estimate of drug-likeness (QED) is 0.131. The number of ether oxygens (including phenoxy) is 2. The van der Waals surface area contributed by atoms with E-state index in [4.69, 9.17) is 20.3 Å². The average molecular weight is 652 g/mol. The third kappa shape index (κ3) is 7.04. The molecule has 13 heteroatoms. The summed E-state index contributed by atoms with van der Waals surface area (Å²) in [5, 5.41) is 24.9. The summed E-state index contributed by atoms with van der Waals surface area (Å²) >= 11 is 0. The normalized spacial score (nSPS) is 11.8. The summed E-state index contributed by atoms with van der Waals surface area (Å²) in [7, 11) is -2.61. The van der Waals surface area contributed by atoms with Crippen molar-refractivity contribution in [2.75, 3.05) is 18.4 Å². The smallest absolute Gasteiger partial charge is 0.412 e. The van der Waals surface area contributed by atoms with Crippen LogP contribution in [-0.2, 0) is 14.8 Å². The number of fused-ring (bicyclic) bond motifs is 2. The van der Waals surface area contributed by atoms with Crippen LogP contribution in [0.3, 0.4) is 0 Å². The number of methoxy groups -OCH3 is 1. The number of nitrogens with two attached hydrogens (primary N) is 1. The van der Waals surface area contributed by atoms with E-state index in [1.807, 2.05) is 12.1 Å². The van der Waals surface area contributed by atoms with Gasteiger partial charge in [-0.15, -0.1) is 12.4 Å². The molecule has 0 aliphatic rings.